The van der Waals surface area contributed by atoms with Crippen molar-refractivity contribution in [3.05, 3.63) is 93.6 Å². The number of para-hydroxylation sites is 1. The second-order valence-corrected chi connectivity index (χ2v) is 8.03. The Morgan fingerprint density at radius 3 is 2.47 bits per heavy atom. The van der Waals surface area contributed by atoms with E-state index >= 15 is 0 Å². The van der Waals surface area contributed by atoms with Gasteiger partial charge in [-0.3, -0.25) is 14.5 Å². The van der Waals surface area contributed by atoms with Gasteiger partial charge in [0.2, 0.25) is 0 Å². The molecule has 2 aromatic carbocycles. The second-order valence-electron chi connectivity index (χ2n) is 7.03. The Morgan fingerprint density at radius 1 is 1.03 bits per heavy atom. The molecule has 1 aliphatic rings. The summed E-state index contributed by atoms with van der Waals surface area (Å²) in [4.78, 5) is 27.0. The Balaban J connectivity index is 1.64. The van der Waals surface area contributed by atoms with E-state index in [-0.39, 0.29) is 17.7 Å². The zero-order valence-electron chi connectivity index (χ0n) is 16.6. The van der Waals surface area contributed by atoms with Crippen molar-refractivity contribution < 1.29 is 9.59 Å². The van der Waals surface area contributed by atoms with Gasteiger partial charge in [0.25, 0.3) is 11.1 Å². The van der Waals surface area contributed by atoms with Crippen LogP contribution in [0.1, 0.15) is 28.1 Å². The Hall–Kier alpha value is -3.56. The molecule has 0 saturated carbocycles. The van der Waals surface area contributed by atoms with E-state index in [0.717, 1.165) is 34.4 Å². The normalized spacial score (nSPS) is 15.1. The molecule has 2 amide bonds. The zero-order valence-corrected chi connectivity index (χ0v) is 17.4. The van der Waals surface area contributed by atoms with E-state index in [9.17, 15) is 14.9 Å². The van der Waals surface area contributed by atoms with Crippen molar-refractivity contribution in [2.75, 3.05) is 0 Å². The largest absolute Gasteiger partial charge is 0.318 e. The first-order valence-electron chi connectivity index (χ1n) is 9.47. The van der Waals surface area contributed by atoms with E-state index in [1.807, 2.05) is 50.2 Å². The highest BCUT2D eigenvalue weighted by Gasteiger charge is 2.35. The Bertz CT molecular complexity index is 1220. The van der Waals surface area contributed by atoms with Crippen molar-refractivity contribution in [2.45, 2.75) is 20.4 Å². The number of aromatic nitrogens is 1. The molecular formula is C24H19N3O2S. The van der Waals surface area contributed by atoms with Crippen LogP contribution in [0.25, 0.3) is 11.8 Å². The summed E-state index contributed by atoms with van der Waals surface area (Å²) in [6.45, 7) is 4.11. The summed E-state index contributed by atoms with van der Waals surface area (Å²) in [5, 5.41) is 8.94. The minimum atomic E-state index is -0.331. The smallest absolute Gasteiger partial charge is 0.293 e. The van der Waals surface area contributed by atoms with Gasteiger partial charge in [-0.15, -0.1) is 0 Å². The van der Waals surface area contributed by atoms with Crippen LogP contribution in [0.15, 0.2) is 65.6 Å². The second kappa shape index (κ2) is 8.05. The third-order valence-electron chi connectivity index (χ3n) is 5.11. The number of amides is 2. The number of benzene rings is 2. The Morgan fingerprint density at radius 2 is 1.73 bits per heavy atom. The predicted octanol–water partition coefficient (Wildman–Crippen LogP) is 5.20. The number of imide groups is 1. The number of carbonyl (C=O) groups is 2. The lowest BCUT2D eigenvalue weighted by molar-refractivity contribution is -0.123. The summed E-state index contributed by atoms with van der Waals surface area (Å²) in [6, 6.07) is 21.1. The average Bonchev–Trinajstić information content (AvgIpc) is 3.18. The highest BCUT2D eigenvalue weighted by Crippen LogP contribution is 2.35. The molecular weight excluding hydrogens is 394 g/mol. The molecule has 0 spiro atoms. The minimum Gasteiger partial charge on any atom is -0.318 e. The molecule has 1 saturated heterocycles. The molecule has 1 aromatic heterocycles. The van der Waals surface area contributed by atoms with Crippen LogP contribution in [0.5, 0.6) is 0 Å². The van der Waals surface area contributed by atoms with Crippen LogP contribution < -0.4 is 0 Å². The zero-order chi connectivity index (χ0) is 21.3. The van der Waals surface area contributed by atoms with E-state index in [1.54, 1.807) is 30.3 Å². The fourth-order valence-electron chi connectivity index (χ4n) is 3.62. The molecule has 1 fully saturated rings. The van der Waals surface area contributed by atoms with Crippen LogP contribution in [-0.4, -0.2) is 20.6 Å². The van der Waals surface area contributed by atoms with Crippen LogP contribution in [0, 0.1) is 25.2 Å². The molecule has 4 rings (SSSR count). The number of nitrogens with zero attached hydrogens (tertiary/aromatic N) is 3. The van der Waals surface area contributed by atoms with Crippen molar-refractivity contribution in [3.63, 3.8) is 0 Å². The van der Waals surface area contributed by atoms with Gasteiger partial charge in [0.15, 0.2) is 0 Å². The number of carbonyl (C=O) groups excluding carboxylic acids is 2. The van der Waals surface area contributed by atoms with Gasteiger partial charge in [-0.25, -0.2) is 0 Å². The third kappa shape index (κ3) is 3.56. The average molecular weight is 414 g/mol. The van der Waals surface area contributed by atoms with Crippen molar-refractivity contribution in [3.8, 4) is 11.8 Å². The lowest BCUT2D eigenvalue weighted by Crippen LogP contribution is -2.27. The summed E-state index contributed by atoms with van der Waals surface area (Å²) in [5.74, 6) is -0.331. The molecule has 3 aromatic rings. The predicted molar refractivity (Wildman–Crippen MR) is 118 cm³/mol. The number of thioether (sulfide) groups is 1. The summed E-state index contributed by atoms with van der Waals surface area (Å²) in [6.07, 6.45) is 1.78. The fraction of sp³-hybridized carbons (Fsp3) is 0.125. The number of hydrogen-bond acceptors (Lipinski definition) is 4. The first-order chi connectivity index (χ1) is 14.5. The first kappa shape index (κ1) is 19.7. The van der Waals surface area contributed by atoms with Crippen molar-refractivity contribution in [2.24, 2.45) is 0 Å². The molecule has 1 aliphatic heterocycles. The van der Waals surface area contributed by atoms with Crippen LogP contribution in [0.4, 0.5) is 4.79 Å². The molecule has 0 radical (unpaired) electrons. The lowest BCUT2D eigenvalue weighted by atomic mass is 10.1. The molecule has 148 valence electrons. The van der Waals surface area contributed by atoms with Gasteiger partial charge in [-0.2, -0.15) is 5.26 Å². The quantitative estimate of drug-likeness (QED) is 0.551. The van der Waals surface area contributed by atoms with Gasteiger partial charge in [-0.1, -0.05) is 36.4 Å². The molecule has 2 heterocycles. The highest BCUT2D eigenvalue weighted by atomic mass is 32.2. The molecule has 0 atom stereocenters. The number of aryl methyl sites for hydroxylation is 1. The van der Waals surface area contributed by atoms with Crippen LogP contribution in [-0.2, 0) is 11.3 Å². The SMILES string of the molecule is Cc1cc(/C=C2/SC(=O)N(Cc3ccccc3C#N)C2=O)c(C)n1-c1ccccc1. The maximum atomic E-state index is 12.9. The van der Waals surface area contributed by atoms with Crippen LogP contribution in [0.3, 0.4) is 0 Å². The molecule has 6 heteroatoms. The van der Waals surface area contributed by atoms with E-state index in [1.165, 1.54) is 4.90 Å². The molecule has 30 heavy (non-hydrogen) atoms. The van der Waals surface area contributed by atoms with Crippen LogP contribution >= 0.6 is 11.8 Å². The third-order valence-corrected chi connectivity index (χ3v) is 6.02. The maximum absolute atomic E-state index is 12.9. The Kier molecular flexibility index (Phi) is 5.30. The summed E-state index contributed by atoms with van der Waals surface area (Å²) in [7, 11) is 0. The monoisotopic (exact) mass is 413 g/mol. The molecule has 0 N–H and O–H groups in total. The molecule has 0 aliphatic carbocycles. The van der Waals surface area contributed by atoms with E-state index in [2.05, 4.69) is 10.6 Å². The van der Waals surface area contributed by atoms with Gasteiger partial charge in [0.1, 0.15) is 0 Å². The van der Waals surface area contributed by atoms with Crippen molar-refractivity contribution in [1.29, 1.82) is 5.26 Å². The molecule has 5 nitrogen and oxygen atoms in total. The standard InChI is InChI=1S/C24H19N3O2S/c1-16-12-20(17(2)27(16)21-10-4-3-5-11-21)13-22-23(28)26(24(29)30-22)15-19-9-7-6-8-18(19)14-25/h3-13H,15H2,1-2H3/b22-13+. The van der Waals surface area contributed by atoms with Gasteiger partial charge >= 0.3 is 0 Å². The topological polar surface area (TPSA) is 66.1 Å². The number of hydrogen-bond donors (Lipinski definition) is 0. The summed E-state index contributed by atoms with van der Waals surface area (Å²) >= 11 is 0.935. The van der Waals surface area contributed by atoms with Crippen molar-refractivity contribution >= 4 is 29.0 Å². The molecule has 0 unspecified atom stereocenters. The maximum Gasteiger partial charge on any atom is 0.293 e. The van der Waals surface area contributed by atoms with E-state index < -0.39 is 0 Å². The van der Waals surface area contributed by atoms with Gasteiger partial charge in [0, 0.05) is 17.1 Å². The summed E-state index contributed by atoms with van der Waals surface area (Å²) < 4.78 is 2.12. The van der Waals surface area contributed by atoms with Gasteiger partial charge < -0.3 is 4.57 Å². The van der Waals surface area contributed by atoms with Crippen LogP contribution in [0.2, 0.25) is 0 Å². The lowest BCUT2D eigenvalue weighted by Gasteiger charge is -2.13. The van der Waals surface area contributed by atoms with E-state index in [4.69, 9.17) is 0 Å². The number of rotatable bonds is 4. The molecule has 0 bridgehead atoms. The highest BCUT2D eigenvalue weighted by molar-refractivity contribution is 8.18. The first-order valence-corrected chi connectivity index (χ1v) is 10.3. The van der Waals surface area contributed by atoms with Crippen molar-refractivity contribution in [1.82, 2.24) is 9.47 Å². The van der Waals surface area contributed by atoms with Gasteiger partial charge in [-0.05, 0) is 67.1 Å². The van der Waals surface area contributed by atoms with Gasteiger partial charge in [0.05, 0.1) is 23.1 Å². The minimum absolute atomic E-state index is 0.0920. The fourth-order valence-corrected chi connectivity index (χ4v) is 4.45. The summed E-state index contributed by atoms with van der Waals surface area (Å²) in [5.41, 5.74) is 5.12. The Labute approximate surface area is 179 Å². The van der Waals surface area contributed by atoms with E-state index in [0.29, 0.717) is 16.0 Å². The number of nitriles is 1.